The van der Waals surface area contributed by atoms with Crippen LogP contribution >= 0.6 is 0 Å². The van der Waals surface area contributed by atoms with Crippen molar-refractivity contribution in [2.75, 3.05) is 11.1 Å². The van der Waals surface area contributed by atoms with Gasteiger partial charge in [0.1, 0.15) is 5.82 Å². The molecule has 4 aromatic heterocycles. The van der Waals surface area contributed by atoms with Crippen molar-refractivity contribution in [2.45, 2.75) is 37.6 Å². The van der Waals surface area contributed by atoms with E-state index in [1.54, 1.807) is 12.3 Å². The van der Waals surface area contributed by atoms with Gasteiger partial charge in [0.05, 0.1) is 34.0 Å². The van der Waals surface area contributed by atoms with E-state index < -0.39 is 5.92 Å². The van der Waals surface area contributed by atoms with Gasteiger partial charge in [-0.25, -0.2) is 18.7 Å². The molecule has 10 heteroatoms. The Kier molecular flexibility index (Phi) is 4.16. The Balaban J connectivity index is 1.31. The molecular weight excluding hydrogens is 390 g/mol. The van der Waals surface area contributed by atoms with Crippen LogP contribution in [0.2, 0.25) is 0 Å². The van der Waals surface area contributed by atoms with E-state index in [9.17, 15) is 8.78 Å². The number of aromatic amines is 2. The van der Waals surface area contributed by atoms with Crippen LogP contribution in [0.1, 0.15) is 43.1 Å². The Bertz CT molecular complexity index is 1210. The predicted molar refractivity (Wildman–Crippen MR) is 109 cm³/mol. The number of anilines is 2. The molecule has 4 heterocycles. The summed E-state index contributed by atoms with van der Waals surface area (Å²) in [5.41, 5.74) is 10.6. The molecule has 0 bridgehead atoms. The zero-order chi connectivity index (χ0) is 20.9. The van der Waals surface area contributed by atoms with Crippen LogP contribution in [0.15, 0.2) is 36.7 Å². The highest BCUT2D eigenvalue weighted by atomic mass is 19.3. The van der Waals surface area contributed by atoms with Gasteiger partial charge in [0.25, 0.3) is 0 Å². The molecule has 0 unspecified atom stereocenters. The lowest BCUT2D eigenvalue weighted by atomic mass is 9.79. The summed E-state index contributed by atoms with van der Waals surface area (Å²) >= 11 is 0. The first kappa shape index (κ1) is 18.5. The first-order valence-electron chi connectivity index (χ1n) is 9.64. The van der Waals surface area contributed by atoms with E-state index in [1.807, 2.05) is 31.3 Å². The summed E-state index contributed by atoms with van der Waals surface area (Å²) in [5.74, 6) is -2.17. The quantitative estimate of drug-likeness (QED) is 0.394. The maximum Gasteiger partial charge on any atom is 0.249 e. The van der Waals surface area contributed by atoms with Gasteiger partial charge in [-0.2, -0.15) is 10.1 Å². The minimum Gasteiger partial charge on any atom is -0.383 e. The maximum absolute atomic E-state index is 13.1. The number of nitrogen functional groups attached to an aromatic ring is 1. The number of pyridine rings is 1. The Labute approximate surface area is 170 Å². The number of nitrogens with two attached hydrogens (primary N) is 1. The van der Waals surface area contributed by atoms with E-state index in [4.69, 9.17) is 5.73 Å². The van der Waals surface area contributed by atoms with Gasteiger partial charge in [0.15, 0.2) is 0 Å². The fraction of sp³-hybridized carbons (Fsp3) is 0.300. The molecule has 0 saturated heterocycles. The Morgan fingerprint density at radius 2 is 2.07 bits per heavy atom. The molecule has 0 spiro atoms. The fourth-order valence-electron chi connectivity index (χ4n) is 3.69. The number of nitrogens with zero attached hydrogens (tertiary/aromatic N) is 4. The summed E-state index contributed by atoms with van der Waals surface area (Å²) in [6.07, 6.45) is 3.10. The molecule has 4 aromatic rings. The molecule has 0 amide bonds. The van der Waals surface area contributed by atoms with Gasteiger partial charge in [0.2, 0.25) is 11.9 Å². The van der Waals surface area contributed by atoms with Gasteiger partial charge in [-0.15, -0.1) is 0 Å². The average Bonchev–Trinajstić information content (AvgIpc) is 3.35. The summed E-state index contributed by atoms with van der Waals surface area (Å²) in [4.78, 5) is 16.4. The van der Waals surface area contributed by atoms with Gasteiger partial charge in [-0.3, -0.25) is 5.10 Å². The minimum atomic E-state index is -2.58. The summed E-state index contributed by atoms with van der Waals surface area (Å²) in [7, 11) is 0. The van der Waals surface area contributed by atoms with Crippen molar-refractivity contribution < 1.29 is 8.78 Å². The van der Waals surface area contributed by atoms with Crippen LogP contribution in [0.5, 0.6) is 0 Å². The lowest BCUT2D eigenvalue weighted by Gasteiger charge is -2.33. The molecule has 1 aliphatic carbocycles. The van der Waals surface area contributed by atoms with Crippen molar-refractivity contribution in [3.8, 4) is 11.3 Å². The smallest absolute Gasteiger partial charge is 0.249 e. The number of H-pyrrole nitrogens is 2. The highest BCUT2D eigenvalue weighted by molar-refractivity contribution is 5.75. The second kappa shape index (κ2) is 6.75. The second-order valence-electron chi connectivity index (χ2n) is 7.67. The first-order chi connectivity index (χ1) is 14.4. The van der Waals surface area contributed by atoms with Crippen LogP contribution in [0, 0.1) is 0 Å². The zero-order valence-corrected chi connectivity index (χ0v) is 16.2. The van der Waals surface area contributed by atoms with Crippen molar-refractivity contribution >= 4 is 22.8 Å². The van der Waals surface area contributed by atoms with Crippen LogP contribution in [-0.4, -0.2) is 36.1 Å². The van der Waals surface area contributed by atoms with Crippen LogP contribution in [0.3, 0.4) is 0 Å². The molecule has 154 valence electrons. The predicted octanol–water partition coefficient (Wildman–Crippen LogP) is 4.01. The average molecular weight is 410 g/mol. The van der Waals surface area contributed by atoms with Gasteiger partial charge in [0, 0.05) is 36.8 Å². The second-order valence-corrected chi connectivity index (χ2v) is 7.67. The SMILES string of the molecule is C[C@H](Nc1ncc(-c2cc(C3CC(F)(F)C3)[nH]n2)c(N)n1)c1ccc2[nH]ccc2n1. The van der Waals surface area contributed by atoms with E-state index in [1.165, 1.54) is 0 Å². The molecule has 0 radical (unpaired) electrons. The van der Waals surface area contributed by atoms with Crippen LogP contribution < -0.4 is 11.1 Å². The molecular formula is C20H20F2N8. The van der Waals surface area contributed by atoms with Crippen molar-refractivity contribution in [1.29, 1.82) is 0 Å². The highest BCUT2D eigenvalue weighted by Gasteiger charge is 2.46. The largest absolute Gasteiger partial charge is 0.383 e. The lowest BCUT2D eigenvalue weighted by molar-refractivity contribution is -0.0876. The van der Waals surface area contributed by atoms with Crippen LogP contribution in [0.25, 0.3) is 22.3 Å². The topological polar surface area (TPSA) is 121 Å². The molecule has 5 rings (SSSR count). The van der Waals surface area contributed by atoms with Gasteiger partial charge < -0.3 is 16.0 Å². The number of halogens is 2. The Hall–Kier alpha value is -3.56. The highest BCUT2D eigenvalue weighted by Crippen LogP contribution is 2.48. The summed E-state index contributed by atoms with van der Waals surface area (Å²) in [6.45, 7) is 1.96. The van der Waals surface area contributed by atoms with E-state index in [2.05, 4.69) is 35.5 Å². The minimum absolute atomic E-state index is 0.133. The fourth-order valence-corrected chi connectivity index (χ4v) is 3.69. The van der Waals surface area contributed by atoms with Crippen molar-refractivity contribution in [3.63, 3.8) is 0 Å². The summed E-state index contributed by atoms with van der Waals surface area (Å²) in [5, 5.41) is 10.2. The summed E-state index contributed by atoms with van der Waals surface area (Å²) in [6, 6.07) is 7.43. The maximum atomic E-state index is 13.1. The number of alkyl halides is 2. The molecule has 5 N–H and O–H groups in total. The van der Waals surface area contributed by atoms with Gasteiger partial charge >= 0.3 is 0 Å². The van der Waals surface area contributed by atoms with Gasteiger partial charge in [-0.05, 0) is 31.2 Å². The van der Waals surface area contributed by atoms with E-state index in [-0.39, 0.29) is 30.6 Å². The number of rotatable bonds is 5. The lowest BCUT2D eigenvalue weighted by Crippen LogP contribution is -2.33. The molecule has 1 saturated carbocycles. The molecule has 0 aromatic carbocycles. The third-order valence-corrected chi connectivity index (χ3v) is 5.44. The normalized spacial score (nSPS) is 17.0. The van der Waals surface area contributed by atoms with E-state index in [0.717, 1.165) is 16.7 Å². The molecule has 1 atom stereocenters. The monoisotopic (exact) mass is 410 g/mol. The van der Waals surface area contributed by atoms with E-state index >= 15 is 0 Å². The molecule has 1 fully saturated rings. The standard InChI is InChI=1S/C20H20F2N8/c1-10(13-2-3-14-15(27-13)4-5-24-14)26-19-25-9-12(18(23)28-19)17-6-16(29-30-17)11-7-20(21,22)8-11/h2-6,9-11,24H,7-8H2,1H3,(H,29,30)(H3,23,25,26,28)/t10-/m0/s1. The third kappa shape index (κ3) is 3.34. The number of hydrogen-bond donors (Lipinski definition) is 4. The van der Waals surface area contributed by atoms with Crippen molar-refractivity contribution in [2.24, 2.45) is 0 Å². The third-order valence-electron chi connectivity index (χ3n) is 5.44. The van der Waals surface area contributed by atoms with Gasteiger partial charge in [-0.1, -0.05) is 0 Å². The van der Waals surface area contributed by atoms with Crippen molar-refractivity contribution in [3.05, 3.63) is 48.0 Å². The molecule has 1 aliphatic rings. The summed E-state index contributed by atoms with van der Waals surface area (Å²) < 4.78 is 26.2. The number of nitrogens with one attached hydrogen (secondary N) is 3. The number of fused-ring (bicyclic) bond motifs is 1. The Morgan fingerprint density at radius 1 is 1.23 bits per heavy atom. The molecule has 0 aliphatic heterocycles. The Morgan fingerprint density at radius 3 is 2.83 bits per heavy atom. The van der Waals surface area contributed by atoms with E-state index in [0.29, 0.717) is 22.9 Å². The molecule has 30 heavy (non-hydrogen) atoms. The van der Waals surface area contributed by atoms with Crippen LogP contribution in [-0.2, 0) is 0 Å². The molecule has 8 nitrogen and oxygen atoms in total. The zero-order valence-electron chi connectivity index (χ0n) is 16.2. The number of aromatic nitrogens is 6. The number of hydrogen-bond acceptors (Lipinski definition) is 6. The first-order valence-corrected chi connectivity index (χ1v) is 9.64. The van der Waals surface area contributed by atoms with Crippen LogP contribution in [0.4, 0.5) is 20.5 Å². The van der Waals surface area contributed by atoms with Crippen molar-refractivity contribution in [1.82, 2.24) is 30.1 Å².